The Morgan fingerprint density at radius 3 is 2.25 bits per heavy atom. The van der Waals surface area contributed by atoms with Crippen LogP contribution in [0.25, 0.3) is 10.9 Å². The molecule has 0 radical (unpaired) electrons. The Hall–Kier alpha value is -3.50. The van der Waals surface area contributed by atoms with Gasteiger partial charge in [0.25, 0.3) is 5.91 Å². The summed E-state index contributed by atoms with van der Waals surface area (Å²) < 4.78 is 0. The first kappa shape index (κ1) is 24.2. The van der Waals surface area contributed by atoms with Crippen molar-refractivity contribution >= 4 is 30.6 Å². The molecule has 3 aromatic carbocycles. The first-order chi connectivity index (χ1) is 17.4. The average Bonchev–Trinajstić information content (AvgIpc) is 2.85. The molecule has 0 unspecified atom stereocenters. The molecule has 0 aliphatic heterocycles. The number of nitrogens with one attached hydrogen (secondary N) is 1. The van der Waals surface area contributed by atoms with Gasteiger partial charge < -0.3 is 5.32 Å². The molecule has 182 valence electrons. The lowest BCUT2D eigenvalue weighted by Gasteiger charge is -2.20. The van der Waals surface area contributed by atoms with Crippen LogP contribution in [0.2, 0.25) is 19.6 Å². The van der Waals surface area contributed by atoms with Gasteiger partial charge in [-0.3, -0.25) is 9.78 Å². The highest BCUT2D eigenvalue weighted by atomic mass is 28.3. The van der Waals surface area contributed by atoms with Crippen molar-refractivity contribution < 1.29 is 4.79 Å². The lowest BCUT2D eigenvalue weighted by molar-refractivity contribution is 0.102. The Bertz CT molecular complexity index is 1430. The van der Waals surface area contributed by atoms with Crippen molar-refractivity contribution in [3.63, 3.8) is 0 Å². The van der Waals surface area contributed by atoms with Gasteiger partial charge in [-0.1, -0.05) is 86.0 Å². The fraction of sp³-hybridized carbons (Fsp3) is 0.250. The van der Waals surface area contributed by atoms with Crippen molar-refractivity contribution in [3.05, 3.63) is 118 Å². The summed E-state index contributed by atoms with van der Waals surface area (Å²) in [6.45, 7) is 7.03. The summed E-state index contributed by atoms with van der Waals surface area (Å²) in [5, 5.41) is 4.26. The quantitative estimate of drug-likeness (QED) is 0.297. The zero-order valence-corrected chi connectivity index (χ0v) is 22.5. The summed E-state index contributed by atoms with van der Waals surface area (Å²) in [6, 6.07) is 23.3. The molecule has 0 saturated carbocycles. The second-order valence-corrected chi connectivity index (χ2v) is 15.9. The number of benzene rings is 3. The summed E-state index contributed by atoms with van der Waals surface area (Å²) in [4.78, 5) is 18.6. The van der Waals surface area contributed by atoms with Gasteiger partial charge in [0, 0.05) is 17.1 Å². The van der Waals surface area contributed by atoms with Gasteiger partial charge in [-0.15, -0.1) is 0 Å². The number of fused-ring (bicyclic) bond motifs is 1. The third-order valence-electron chi connectivity index (χ3n) is 6.93. The molecule has 0 atom stereocenters. The van der Waals surface area contributed by atoms with Crippen molar-refractivity contribution in [1.29, 1.82) is 0 Å². The van der Waals surface area contributed by atoms with Crippen molar-refractivity contribution in [1.82, 2.24) is 4.98 Å². The number of pyridine rings is 1. The van der Waals surface area contributed by atoms with Crippen LogP contribution in [-0.2, 0) is 32.1 Å². The molecule has 0 spiro atoms. The molecule has 36 heavy (non-hydrogen) atoms. The maximum Gasteiger partial charge on any atom is 0.256 e. The zero-order chi connectivity index (χ0) is 25.1. The maximum atomic E-state index is 14.0. The summed E-state index contributed by atoms with van der Waals surface area (Å²) in [5.41, 5.74) is 11.0. The number of carbonyl (C=O) groups excluding carboxylic acids is 1. The number of hydrogen-bond donors (Lipinski definition) is 1. The molecular formula is C32H34N2OSi. The van der Waals surface area contributed by atoms with E-state index in [1.54, 1.807) is 6.20 Å². The Labute approximate surface area is 215 Å². The molecule has 3 nitrogen and oxygen atoms in total. The van der Waals surface area contributed by atoms with Crippen LogP contribution in [0, 0.1) is 0 Å². The number of nitrogens with zero attached hydrogens (tertiary/aromatic N) is 1. The van der Waals surface area contributed by atoms with Gasteiger partial charge in [0.05, 0.1) is 19.3 Å². The highest BCUT2D eigenvalue weighted by molar-refractivity contribution is 6.80. The third kappa shape index (κ3) is 5.49. The number of rotatable bonds is 5. The first-order valence-electron chi connectivity index (χ1n) is 12.9. The molecular weight excluding hydrogens is 456 g/mol. The van der Waals surface area contributed by atoms with E-state index in [-0.39, 0.29) is 5.91 Å². The van der Waals surface area contributed by atoms with Gasteiger partial charge in [0.15, 0.2) is 0 Å². The molecule has 4 aliphatic rings. The minimum absolute atomic E-state index is 0.0348. The molecule has 8 rings (SSSR count). The van der Waals surface area contributed by atoms with E-state index >= 15 is 0 Å². The van der Waals surface area contributed by atoms with E-state index in [0.29, 0.717) is 0 Å². The highest BCUT2D eigenvalue weighted by Crippen LogP contribution is 2.28. The fourth-order valence-corrected chi connectivity index (χ4v) is 5.87. The standard InChI is InChI=1S/C32H34N2OSi/c1-36(2,3)22-6-9-28-25-17-15-23-11-13-24(14-12-23)16-18-26(20-19-25)30(28)32(35)34-29-10-4-7-27-8-5-21-33-31(27)29/h4-8,10-14,19-22H,9,15-18H2,1-3H3,(H,34,35)/b22-6+. The largest absolute Gasteiger partial charge is 0.320 e. The summed E-state index contributed by atoms with van der Waals surface area (Å²) in [6.07, 6.45) is 8.50. The number of carbonyl (C=O) groups is 1. The fourth-order valence-electron chi connectivity index (χ4n) is 5.05. The van der Waals surface area contributed by atoms with E-state index in [0.717, 1.165) is 59.8 Å². The Morgan fingerprint density at radius 2 is 1.53 bits per heavy atom. The van der Waals surface area contributed by atoms with Crippen LogP contribution in [0.15, 0.2) is 84.7 Å². The topological polar surface area (TPSA) is 42.0 Å². The van der Waals surface area contributed by atoms with E-state index in [2.05, 4.69) is 78.1 Å². The summed E-state index contributed by atoms with van der Waals surface area (Å²) in [7, 11) is -1.34. The molecule has 1 N–H and O–H groups in total. The van der Waals surface area contributed by atoms with Crippen LogP contribution >= 0.6 is 0 Å². The Balaban J connectivity index is 1.59. The van der Waals surface area contributed by atoms with E-state index in [4.69, 9.17) is 0 Å². The number of hydrogen-bond acceptors (Lipinski definition) is 2. The number of allylic oxidation sites excluding steroid dienone is 1. The number of aryl methyl sites for hydroxylation is 4. The molecule has 0 saturated heterocycles. The minimum atomic E-state index is -1.34. The Kier molecular flexibility index (Phi) is 6.88. The van der Waals surface area contributed by atoms with Crippen LogP contribution in [0.4, 0.5) is 5.69 Å². The highest BCUT2D eigenvalue weighted by Gasteiger charge is 2.21. The number of anilines is 1. The normalized spacial score (nSPS) is 13.6. The predicted octanol–water partition coefficient (Wildman–Crippen LogP) is 7.35. The SMILES string of the molecule is C[Si](C)(C)/C=C/Cc1c2ccc(c1C(=O)Nc1cccc3cccnc13)CCc1ccc(cc1)CC2. The summed E-state index contributed by atoms with van der Waals surface area (Å²) >= 11 is 0. The van der Waals surface area contributed by atoms with Crippen molar-refractivity contribution in [2.75, 3.05) is 5.32 Å². The second-order valence-electron chi connectivity index (χ2n) is 10.9. The Morgan fingerprint density at radius 1 is 0.861 bits per heavy atom. The predicted molar refractivity (Wildman–Crippen MR) is 154 cm³/mol. The van der Waals surface area contributed by atoms with Crippen LogP contribution in [0.3, 0.4) is 0 Å². The molecule has 1 amide bonds. The van der Waals surface area contributed by atoms with Crippen molar-refractivity contribution in [3.8, 4) is 0 Å². The maximum absolute atomic E-state index is 14.0. The second kappa shape index (κ2) is 10.2. The smallest absolute Gasteiger partial charge is 0.256 e. The lowest BCUT2D eigenvalue weighted by atomic mass is 9.87. The number of aromatic nitrogens is 1. The molecule has 1 aromatic heterocycles. The monoisotopic (exact) mass is 490 g/mol. The van der Waals surface area contributed by atoms with Crippen molar-refractivity contribution in [2.45, 2.75) is 51.7 Å². The molecule has 4 aromatic rings. The summed E-state index contributed by atoms with van der Waals surface area (Å²) in [5.74, 6) is -0.0348. The minimum Gasteiger partial charge on any atom is -0.320 e. The first-order valence-corrected chi connectivity index (χ1v) is 16.5. The van der Waals surface area contributed by atoms with Gasteiger partial charge in [0.1, 0.15) is 0 Å². The van der Waals surface area contributed by atoms with Crippen LogP contribution in [-0.4, -0.2) is 19.0 Å². The van der Waals surface area contributed by atoms with Crippen LogP contribution in [0.5, 0.6) is 0 Å². The van der Waals surface area contributed by atoms with Gasteiger partial charge in [0.2, 0.25) is 0 Å². The van der Waals surface area contributed by atoms with E-state index < -0.39 is 8.07 Å². The third-order valence-corrected chi connectivity index (χ3v) is 8.17. The van der Waals surface area contributed by atoms with Crippen LogP contribution < -0.4 is 5.32 Å². The molecule has 4 heteroatoms. The van der Waals surface area contributed by atoms with E-state index in [9.17, 15) is 4.79 Å². The molecule has 0 fully saturated rings. The van der Waals surface area contributed by atoms with Gasteiger partial charge in [-0.05, 0) is 72.1 Å². The van der Waals surface area contributed by atoms with E-state index in [1.165, 1.54) is 22.3 Å². The zero-order valence-electron chi connectivity index (χ0n) is 21.5. The number of amides is 1. The van der Waals surface area contributed by atoms with Gasteiger partial charge in [-0.2, -0.15) is 0 Å². The van der Waals surface area contributed by atoms with Crippen LogP contribution in [0.1, 0.15) is 38.2 Å². The van der Waals surface area contributed by atoms with Crippen molar-refractivity contribution in [2.24, 2.45) is 0 Å². The van der Waals surface area contributed by atoms with Gasteiger partial charge >= 0.3 is 0 Å². The van der Waals surface area contributed by atoms with Gasteiger partial charge in [-0.25, -0.2) is 0 Å². The number of para-hydroxylation sites is 1. The average molecular weight is 491 g/mol. The molecule has 1 heterocycles. The molecule has 4 aliphatic carbocycles. The van der Waals surface area contributed by atoms with E-state index in [1.807, 2.05) is 30.3 Å². The molecule has 4 bridgehead atoms. The lowest BCUT2D eigenvalue weighted by Crippen LogP contribution is -2.20.